The number of phenols is 1. The number of ketones is 1. The van der Waals surface area contributed by atoms with Crippen LogP contribution in [0.1, 0.15) is 70.8 Å². The molecule has 1 fully saturated rings. The lowest BCUT2D eigenvalue weighted by atomic mass is 9.96. The third kappa shape index (κ3) is 8.61. The Balaban J connectivity index is 1.33. The molecule has 44 heavy (non-hydrogen) atoms. The summed E-state index contributed by atoms with van der Waals surface area (Å²) in [6.45, 7) is -0.204. The number of carboxylic acids is 2. The second-order valence-corrected chi connectivity index (χ2v) is 12.8. The van der Waals surface area contributed by atoms with Gasteiger partial charge >= 0.3 is 11.9 Å². The summed E-state index contributed by atoms with van der Waals surface area (Å²) in [6, 6.07) is 7.39. The van der Waals surface area contributed by atoms with Gasteiger partial charge in [0.1, 0.15) is 11.3 Å². The number of carbonyl (C=O) groups excluding carboxylic acids is 2. The standard InChI is InChI=1S/C27H30N6O9S2/c34-22-11-10-19(12-20(22)26(39)40)44(41,42)28-14-16-6-8-17(9-7-16)25(38)29-21(13-24(36)37)23(35)15-43-27-30-32-33(31-27)18-4-2-1-3-5-18/h6-12,18,21,28,34H,1-5,13-15H2,(H,29,38)(H,36,37)(H,39,40). The second-order valence-electron chi connectivity index (χ2n) is 10.1. The number of hydrogen-bond acceptors (Lipinski definition) is 11. The average molecular weight is 647 g/mol. The number of amides is 1. The maximum atomic E-state index is 12.9. The smallest absolute Gasteiger partial charge is 0.339 e. The first-order valence-corrected chi connectivity index (χ1v) is 16.0. The minimum absolute atomic E-state index is 0.106. The van der Waals surface area contributed by atoms with Crippen molar-refractivity contribution in [3.05, 3.63) is 59.2 Å². The highest BCUT2D eigenvalue weighted by atomic mass is 32.2. The van der Waals surface area contributed by atoms with E-state index >= 15 is 0 Å². The number of rotatable bonds is 14. The molecule has 5 N–H and O–H groups in total. The first kappa shape index (κ1) is 32.6. The van der Waals surface area contributed by atoms with Gasteiger partial charge in [-0.25, -0.2) is 17.9 Å². The van der Waals surface area contributed by atoms with Crippen molar-refractivity contribution in [2.75, 3.05) is 5.75 Å². The number of benzene rings is 2. The quantitative estimate of drug-likeness (QED) is 0.158. The Labute approximate surface area is 256 Å². The number of aromatic nitrogens is 4. The fourth-order valence-electron chi connectivity index (χ4n) is 4.52. The molecule has 1 aliphatic carbocycles. The number of carboxylic acid groups (broad SMARTS) is 2. The summed E-state index contributed by atoms with van der Waals surface area (Å²) in [6.07, 6.45) is 4.63. The van der Waals surface area contributed by atoms with Crippen LogP contribution < -0.4 is 10.0 Å². The Kier molecular flexibility index (Phi) is 10.7. The molecule has 1 aliphatic rings. The van der Waals surface area contributed by atoms with E-state index in [0.717, 1.165) is 55.6 Å². The van der Waals surface area contributed by atoms with Crippen molar-refractivity contribution in [3.63, 3.8) is 0 Å². The molecule has 234 valence electrons. The zero-order valence-corrected chi connectivity index (χ0v) is 24.9. The molecule has 0 bridgehead atoms. The van der Waals surface area contributed by atoms with E-state index < -0.39 is 57.4 Å². The molecule has 0 radical (unpaired) electrons. The van der Waals surface area contributed by atoms with Gasteiger partial charge in [-0.2, -0.15) is 4.80 Å². The average Bonchev–Trinajstić information content (AvgIpc) is 3.48. The zero-order valence-electron chi connectivity index (χ0n) is 23.2. The number of aliphatic carboxylic acids is 1. The predicted octanol–water partition coefficient (Wildman–Crippen LogP) is 2.00. The number of carbonyl (C=O) groups is 4. The van der Waals surface area contributed by atoms with Crippen LogP contribution in [0, 0.1) is 0 Å². The molecule has 1 amide bonds. The van der Waals surface area contributed by atoms with Gasteiger partial charge in [-0.15, -0.1) is 10.2 Å². The van der Waals surface area contributed by atoms with Crippen LogP contribution in [0.4, 0.5) is 0 Å². The van der Waals surface area contributed by atoms with E-state index in [2.05, 4.69) is 25.4 Å². The van der Waals surface area contributed by atoms with Crippen molar-refractivity contribution >= 4 is 45.4 Å². The van der Waals surface area contributed by atoms with E-state index in [9.17, 15) is 37.8 Å². The SMILES string of the molecule is O=C(O)CC(NC(=O)c1ccc(CNS(=O)(=O)c2ccc(O)c(C(=O)O)c2)cc1)C(=O)CSc1nnn(C2CCCCC2)n1. The molecule has 2 aromatic carbocycles. The van der Waals surface area contributed by atoms with Crippen molar-refractivity contribution in [2.45, 2.75) is 67.2 Å². The largest absolute Gasteiger partial charge is 0.507 e. The second kappa shape index (κ2) is 14.4. The fraction of sp³-hybridized carbons (Fsp3) is 0.370. The third-order valence-electron chi connectivity index (χ3n) is 6.92. The van der Waals surface area contributed by atoms with E-state index in [1.165, 1.54) is 30.7 Å². The van der Waals surface area contributed by atoms with E-state index in [-0.39, 0.29) is 34.0 Å². The van der Waals surface area contributed by atoms with Crippen LogP contribution in [0.2, 0.25) is 0 Å². The summed E-state index contributed by atoms with van der Waals surface area (Å²) >= 11 is 1.01. The van der Waals surface area contributed by atoms with Gasteiger partial charge < -0.3 is 20.6 Å². The molecule has 0 saturated heterocycles. The minimum Gasteiger partial charge on any atom is -0.507 e. The van der Waals surface area contributed by atoms with Crippen molar-refractivity contribution in [1.82, 2.24) is 30.2 Å². The van der Waals surface area contributed by atoms with Gasteiger partial charge in [0.25, 0.3) is 5.91 Å². The van der Waals surface area contributed by atoms with Crippen LogP contribution in [0.15, 0.2) is 52.5 Å². The molecule has 3 aromatic rings. The Morgan fingerprint density at radius 1 is 1.02 bits per heavy atom. The van der Waals surface area contributed by atoms with E-state index in [1.54, 1.807) is 4.80 Å². The number of thioether (sulfide) groups is 1. The molecule has 1 unspecified atom stereocenters. The van der Waals surface area contributed by atoms with E-state index in [4.69, 9.17) is 5.11 Å². The number of nitrogens with one attached hydrogen (secondary N) is 2. The number of Topliss-reactive ketones (excluding diaryl/α,β-unsaturated/α-hetero) is 1. The number of sulfonamides is 1. The molecule has 1 heterocycles. The summed E-state index contributed by atoms with van der Waals surface area (Å²) in [7, 11) is -4.14. The molecular weight excluding hydrogens is 616 g/mol. The highest BCUT2D eigenvalue weighted by molar-refractivity contribution is 7.99. The first-order chi connectivity index (χ1) is 20.9. The fourth-order valence-corrected chi connectivity index (χ4v) is 6.27. The molecule has 1 atom stereocenters. The lowest BCUT2D eigenvalue weighted by Gasteiger charge is -2.19. The highest BCUT2D eigenvalue weighted by Crippen LogP contribution is 2.27. The summed E-state index contributed by atoms with van der Waals surface area (Å²) in [5.41, 5.74) is -0.0134. The Hall–Kier alpha value is -4.35. The van der Waals surface area contributed by atoms with Crippen LogP contribution in [0.5, 0.6) is 5.75 Å². The van der Waals surface area contributed by atoms with E-state index in [0.29, 0.717) is 5.56 Å². The van der Waals surface area contributed by atoms with Crippen molar-refractivity contribution in [3.8, 4) is 5.75 Å². The third-order valence-corrected chi connectivity index (χ3v) is 9.17. The summed E-state index contributed by atoms with van der Waals surface area (Å²) in [4.78, 5) is 49.5. The Morgan fingerprint density at radius 3 is 2.39 bits per heavy atom. The predicted molar refractivity (Wildman–Crippen MR) is 155 cm³/mol. The number of hydrogen-bond donors (Lipinski definition) is 5. The number of aromatic carboxylic acids is 1. The number of tetrazole rings is 1. The molecule has 17 heteroatoms. The van der Waals surface area contributed by atoms with E-state index in [1.807, 2.05) is 0 Å². The number of aromatic hydroxyl groups is 1. The maximum Gasteiger partial charge on any atom is 0.339 e. The topological polar surface area (TPSA) is 231 Å². The van der Waals surface area contributed by atoms with Gasteiger partial charge in [-0.3, -0.25) is 14.4 Å². The van der Waals surface area contributed by atoms with Crippen molar-refractivity contribution < 1.29 is 42.9 Å². The van der Waals surface area contributed by atoms with Gasteiger partial charge in [-0.1, -0.05) is 43.2 Å². The Bertz CT molecular complexity index is 1640. The summed E-state index contributed by atoms with van der Waals surface area (Å²) < 4.78 is 27.5. The molecule has 4 rings (SSSR count). The lowest BCUT2D eigenvalue weighted by Crippen LogP contribution is -2.43. The maximum absolute atomic E-state index is 12.9. The van der Waals surface area contributed by atoms with Crippen molar-refractivity contribution in [2.24, 2.45) is 0 Å². The minimum atomic E-state index is -4.14. The van der Waals surface area contributed by atoms with Gasteiger partial charge in [0.05, 0.1) is 29.2 Å². The zero-order chi connectivity index (χ0) is 31.9. The van der Waals surface area contributed by atoms with Crippen LogP contribution in [-0.2, 0) is 26.2 Å². The normalized spacial score (nSPS) is 14.5. The van der Waals surface area contributed by atoms with Crippen LogP contribution in [0.3, 0.4) is 0 Å². The molecule has 15 nitrogen and oxygen atoms in total. The van der Waals surface area contributed by atoms with Gasteiger partial charge in [0, 0.05) is 12.1 Å². The molecule has 0 spiro atoms. The molecule has 1 saturated carbocycles. The van der Waals surface area contributed by atoms with Gasteiger partial charge in [-0.05, 0) is 54.0 Å². The molecular formula is C27H30N6O9S2. The Morgan fingerprint density at radius 2 is 1.73 bits per heavy atom. The first-order valence-electron chi connectivity index (χ1n) is 13.6. The van der Waals surface area contributed by atoms with Gasteiger partial charge in [0.15, 0.2) is 5.78 Å². The van der Waals surface area contributed by atoms with Crippen LogP contribution >= 0.6 is 11.8 Å². The summed E-state index contributed by atoms with van der Waals surface area (Å²) in [5.74, 6) is -4.76. The van der Waals surface area contributed by atoms with Crippen LogP contribution in [0.25, 0.3) is 0 Å². The summed E-state index contributed by atoms with van der Waals surface area (Å²) in [5, 5.41) is 43.1. The highest BCUT2D eigenvalue weighted by Gasteiger charge is 2.26. The molecule has 0 aliphatic heterocycles. The lowest BCUT2D eigenvalue weighted by molar-refractivity contribution is -0.139. The van der Waals surface area contributed by atoms with Crippen molar-refractivity contribution in [1.29, 1.82) is 0 Å². The van der Waals surface area contributed by atoms with Crippen LogP contribution in [-0.4, -0.2) is 79.4 Å². The number of nitrogens with zero attached hydrogens (tertiary/aromatic N) is 4. The monoisotopic (exact) mass is 646 g/mol. The van der Waals surface area contributed by atoms with Gasteiger partial charge in [0.2, 0.25) is 15.2 Å². The molecule has 1 aromatic heterocycles.